The zero-order chi connectivity index (χ0) is 17.8. The summed E-state index contributed by atoms with van der Waals surface area (Å²) >= 11 is 0. The third-order valence-corrected chi connectivity index (χ3v) is 4.08. The summed E-state index contributed by atoms with van der Waals surface area (Å²) < 4.78 is 18.2. The van der Waals surface area contributed by atoms with E-state index >= 15 is 0 Å². The number of benzene rings is 2. The molecule has 1 aliphatic rings. The smallest absolute Gasteiger partial charge is 0.308 e. The average molecular weight is 339 g/mol. The Bertz CT molecular complexity index is 827. The van der Waals surface area contributed by atoms with Crippen molar-refractivity contribution in [3.8, 4) is 0 Å². The van der Waals surface area contributed by atoms with E-state index in [0.29, 0.717) is 11.3 Å². The van der Waals surface area contributed by atoms with Crippen molar-refractivity contribution < 1.29 is 18.7 Å². The van der Waals surface area contributed by atoms with Gasteiger partial charge in [0.15, 0.2) is 5.78 Å². The quantitative estimate of drug-likeness (QED) is 0.804. The first kappa shape index (κ1) is 17.0. The minimum absolute atomic E-state index is 0.0919. The van der Waals surface area contributed by atoms with E-state index in [-0.39, 0.29) is 31.0 Å². The summed E-state index contributed by atoms with van der Waals surface area (Å²) in [6, 6.07) is 12.7. The molecule has 4 nitrogen and oxygen atoms in total. The lowest BCUT2D eigenvalue weighted by molar-refractivity contribution is -0.144. The molecule has 0 saturated heterocycles. The molecule has 0 spiro atoms. The molecule has 0 bridgehead atoms. The first-order valence-corrected chi connectivity index (χ1v) is 8.19. The fraction of sp³-hybridized carbons (Fsp3) is 0.250. The van der Waals surface area contributed by atoms with Gasteiger partial charge in [-0.25, -0.2) is 4.39 Å². The van der Waals surface area contributed by atoms with Crippen molar-refractivity contribution >= 4 is 17.5 Å². The number of hydrogen-bond acceptors (Lipinski definition) is 4. The van der Waals surface area contributed by atoms with E-state index in [1.54, 1.807) is 19.1 Å². The van der Waals surface area contributed by atoms with Crippen LogP contribution in [0.25, 0.3) is 0 Å². The molecule has 5 heteroatoms. The van der Waals surface area contributed by atoms with Gasteiger partial charge in [-0.15, -0.1) is 0 Å². The van der Waals surface area contributed by atoms with Gasteiger partial charge in [0.05, 0.1) is 18.7 Å². The molecule has 0 radical (unpaired) electrons. The predicted octanol–water partition coefficient (Wildman–Crippen LogP) is 3.11. The lowest BCUT2D eigenvalue weighted by atomic mass is 9.95. The number of nitrogens with zero attached hydrogens (tertiary/aromatic N) is 1. The standard InChI is InChI=1S/C20H18FNO3/c1-2-25-19(24)12-17-18(23)11-14-5-3-4-6-16(14)20(22-17)13-7-9-15(21)10-8-13/h3-10,17H,2,11-12H2,1H3. The average Bonchev–Trinajstić information content (AvgIpc) is 2.73. The first-order valence-electron chi connectivity index (χ1n) is 8.19. The zero-order valence-corrected chi connectivity index (χ0v) is 13.9. The SMILES string of the molecule is CCOC(=O)CC1N=C(c2ccc(F)cc2)c2ccccc2CC1=O. The summed E-state index contributed by atoms with van der Waals surface area (Å²) in [6.45, 7) is 1.98. The number of carbonyl (C=O) groups is 2. The molecule has 1 unspecified atom stereocenters. The molecule has 0 fully saturated rings. The topological polar surface area (TPSA) is 55.7 Å². The van der Waals surface area contributed by atoms with Crippen molar-refractivity contribution in [1.29, 1.82) is 0 Å². The number of carbonyl (C=O) groups excluding carboxylic acids is 2. The fourth-order valence-corrected chi connectivity index (χ4v) is 2.88. The summed E-state index contributed by atoms with van der Waals surface area (Å²) in [7, 11) is 0. The second-order valence-electron chi connectivity index (χ2n) is 5.81. The molecule has 1 aliphatic heterocycles. The Morgan fingerprint density at radius 3 is 2.64 bits per heavy atom. The van der Waals surface area contributed by atoms with E-state index in [9.17, 15) is 14.0 Å². The number of Topliss-reactive ketones (excluding diaryl/α,β-unsaturated/α-hetero) is 1. The maximum atomic E-state index is 13.3. The Morgan fingerprint density at radius 1 is 1.20 bits per heavy atom. The van der Waals surface area contributed by atoms with Crippen LogP contribution in [0.4, 0.5) is 4.39 Å². The summed E-state index contributed by atoms with van der Waals surface area (Å²) in [5, 5.41) is 0. The largest absolute Gasteiger partial charge is 0.466 e. The normalized spacial score (nSPS) is 16.6. The van der Waals surface area contributed by atoms with Crippen LogP contribution in [0, 0.1) is 5.82 Å². The van der Waals surface area contributed by atoms with Gasteiger partial charge in [0.2, 0.25) is 0 Å². The van der Waals surface area contributed by atoms with Crippen LogP contribution in [0.5, 0.6) is 0 Å². The number of halogens is 1. The number of ether oxygens (including phenoxy) is 1. The molecule has 0 N–H and O–H groups in total. The number of hydrogen-bond donors (Lipinski definition) is 0. The van der Waals surface area contributed by atoms with Crippen molar-refractivity contribution in [3.05, 3.63) is 71.0 Å². The van der Waals surface area contributed by atoms with Crippen LogP contribution >= 0.6 is 0 Å². The van der Waals surface area contributed by atoms with E-state index in [2.05, 4.69) is 4.99 Å². The van der Waals surface area contributed by atoms with Gasteiger partial charge in [-0.2, -0.15) is 0 Å². The maximum absolute atomic E-state index is 13.3. The minimum atomic E-state index is -0.800. The van der Waals surface area contributed by atoms with E-state index in [4.69, 9.17) is 4.74 Å². The van der Waals surface area contributed by atoms with Crippen LogP contribution in [0.3, 0.4) is 0 Å². The van der Waals surface area contributed by atoms with Crippen molar-refractivity contribution in [2.75, 3.05) is 6.61 Å². The van der Waals surface area contributed by atoms with Crippen LogP contribution < -0.4 is 0 Å². The lowest BCUT2D eigenvalue weighted by Gasteiger charge is -2.11. The Morgan fingerprint density at radius 2 is 1.92 bits per heavy atom. The van der Waals surface area contributed by atoms with Gasteiger partial charge in [-0.3, -0.25) is 14.6 Å². The fourth-order valence-electron chi connectivity index (χ4n) is 2.88. The van der Waals surface area contributed by atoms with Gasteiger partial charge in [-0.05, 0) is 36.8 Å². The van der Waals surface area contributed by atoms with Crippen molar-refractivity contribution in [1.82, 2.24) is 0 Å². The van der Waals surface area contributed by atoms with Crippen LogP contribution in [0.2, 0.25) is 0 Å². The molecule has 0 aliphatic carbocycles. The summed E-state index contributed by atoms with van der Waals surface area (Å²) in [4.78, 5) is 29.0. The molecule has 0 aromatic heterocycles. The van der Waals surface area contributed by atoms with Crippen LogP contribution in [0.15, 0.2) is 53.5 Å². The third-order valence-electron chi connectivity index (χ3n) is 4.08. The van der Waals surface area contributed by atoms with Crippen LogP contribution in [-0.4, -0.2) is 30.1 Å². The third kappa shape index (κ3) is 3.82. The molecule has 0 amide bonds. The Balaban J connectivity index is 2.06. The van der Waals surface area contributed by atoms with Gasteiger partial charge in [0, 0.05) is 17.5 Å². The van der Waals surface area contributed by atoms with E-state index in [1.165, 1.54) is 12.1 Å². The highest BCUT2D eigenvalue weighted by Gasteiger charge is 2.28. The number of ketones is 1. The molecular formula is C20H18FNO3. The maximum Gasteiger partial charge on any atom is 0.308 e. The number of esters is 1. The monoisotopic (exact) mass is 339 g/mol. The van der Waals surface area contributed by atoms with E-state index < -0.39 is 12.0 Å². The molecular weight excluding hydrogens is 321 g/mol. The molecule has 3 rings (SSSR count). The number of fused-ring (bicyclic) bond motifs is 1. The lowest BCUT2D eigenvalue weighted by Crippen LogP contribution is -2.24. The Labute approximate surface area is 145 Å². The van der Waals surface area contributed by atoms with Gasteiger partial charge in [0.1, 0.15) is 11.9 Å². The van der Waals surface area contributed by atoms with Crippen molar-refractivity contribution in [2.24, 2.45) is 4.99 Å². The number of rotatable bonds is 4. The molecule has 1 heterocycles. The summed E-state index contributed by atoms with van der Waals surface area (Å²) in [5.41, 5.74) is 2.98. The van der Waals surface area contributed by atoms with Gasteiger partial charge in [-0.1, -0.05) is 24.3 Å². The Kier molecular flexibility index (Phi) is 5.03. The molecule has 0 saturated carbocycles. The molecule has 25 heavy (non-hydrogen) atoms. The van der Waals surface area contributed by atoms with Gasteiger partial charge < -0.3 is 4.74 Å². The Hall–Kier alpha value is -2.82. The van der Waals surface area contributed by atoms with Crippen molar-refractivity contribution in [3.63, 3.8) is 0 Å². The van der Waals surface area contributed by atoms with Gasteiger partial charge >= 0.3 is 5.97 Å². The number of aliphatic imine (C=N–C) groups is 1. The summed E-state index contributed by atoms with van der Waals surface area (Å²) in [5.74, 6) is -0.919. The predicted molar refractivity (Wildman–Crippen MR) is 92.2 cm³/mol. The first-order chi connectivity index (χ1) is 12.1. The second kappa shape index (κ2) is 7.38. The van der Waals surface area contributed by atoms with Crippen LogP contribution in [-0.2, 0) is 20.7 Å². The molecule has 128 valence electrons. The summed E-state index contributed by atoms with van der Waals surface area (Å²) in [6.07, 6.45) is 0.111. The highest BCUT2D eigenvalue weighted by molar-refractivity contribution is 6.16. The van der Waals surface area contributed by atoms with Crippen molar-refractivity contribution in [2.45, 2.75) is 25.8 Å². The van der Waals surface area contributed by atoms with Gasteiger partial charge in [0.25, 0.3) is 0 Å². The second-order valence-corrected chi connectivity index (χ2v) is 5.81. The molecule has 2 aromatic carbocycles. The van der Waals surface area contributed by atoms with Crippen LogP contribution in [0.1, 0.15) is 30.0 Å². The minimum Gasteiger partial charge on any atom is -0.466 e. The van der Waals surface area contributed by atoms with E-state index in [1.807, 2.05) is 24.3 Å². The highest BCUT2D eigenvalue weighted by atomic mass is 19.1. The zero-order valence-electron chi connectivity index (χ0n) is 13.9. The molecule has 2 aromatic rings. The van der Waals surface area contributed by atoms with E-state index in [0.717, 1.165) is 11.1 Å². The highest BCUT2D eigenvalue weighted by Crippen LogP contribution is 2.23. The molecule has 1 atom stereocenters.